The van der Waals surface area contributed by atoms with E-state index in [4.69, 9.17) is 5.84 Å². The summed E-state index contributed by atoms with van der Waals surface area (Å²) in [5.41, 5.74) is 2.94. The number of nitrogens with two attached hydrogens (primary N) is 1. The molecule has 0 aliphatic heterocycles. The van der Waals surface area contributed by atoms with Gasteiger partial charge in [-0.25, -0.2) is 14.2 Å². The van der Waals surface area contributed by atoms with Gasteiger partial charge in [0, 0.05) is 25.9 Å². The van der Waals surface area contributed by atoms with Crippen LogP contribution in [0.4, 0.5) is 8.78 Å². The summed E-state index contributed by atoms with van der Waals surface area (Å²) >= 11 is 3.18. The lowest BCUT2D eigenvalue weighted by molar-refractivity contribution is 0.544. The lowest BCUT2D eigenvalue weighted by atomic mass is 10.1. The maximum absolute atomic E-state index is 13.8. The Balaban J connectivity index is 2.06. The second-order valence-electron chi connectivity index (χ2n) is 4.06. The largest absolute Gasteiger partial charge is 0.271 e. The highest BCUT2D eigenvalue weighted by atomic mass is 32.1. The first-order valence-electron chi connectivity index (χ1n) is 5.57. The van der Waals surface area contributed by atoms with Gasteiger partial charge in [-0.15, -0.1) is 22.7 Å². The summed E-state index contributed by atoms with van der Waals surface area (Å²) in [7, 11) is 0. The molecule has 0 fully saturated rings. The lowest BCUT2D eigenvalue weighted by Gasteiger charge is -2.15. The van der Waals surface area contributed by atoms with Crippen LogP contribution in [-0.2, 0) is 0 Å². The predicted octanol–water partition coefficient (Wildman–Crippen LogP) is 3.79. The Labute approximate surface area is 116 Å². The average Bonchev–Trinajstić information content (AvgIpc) is 2.93. The van der Waals surface area contributed by atoms with Crippen LogP contribution in [0.2, 0.25) is 0 Å². The van der Waals surface area contributed by atoms with Crippen molar-refractivity contribution in [2.45, 2.75) is 6.04 Å². The summed E-state index contributed by atoms with van der Waals surface area (Å²) in [4.78, 5) is 0.912. The molecule has 6 heteroatoms. The van der Waals surface area contributed by atoms with Gasteiger partial charge in [0.15, 0.2) is 0 Å². The summed E-state index contributed by atoms with van der Waals surface area (Å²) < 4.78 is 29.1. The first-order chi connectivity index (χ1) is 9.19. The molecule has 3 N–H and O–H groups in total. The Hall–Kier alpha value is -1.34. The van der Waals surface area contributed by atoms with Gasteiger partial charge in [-0.2, -0.15) is 0 Å². The lowest BCUT2D eigenvalue weighted by Crippen LogP contribution is -2.28. The number of hydrazine groups is 1. The molecule has 0 aliphatic carbocycles. The van der Waals surface area contributed by atoms with Crippen LogP contribution >= 0.6 is 22.7 Å². The first kappa shape index (κ1) is 12.7. The molecule has 3 aromatic rings. The highest BCUT2D eigenvalue weighted by Crippen LogP contribution is 2.36. The van der Waals surface area contributed by atoms with Gasteiger partial charge in [0.25, 0.3) is 0 Å². The molecule has 98 valence electrons. The van der Waals surface area contributed by atoms with Gasteiger partial charge in [-0.1, -0.05) is 6.07 Å². The minimum atomic E-state index is -0.597. The summed E-state index contributed by atoms with van der Waals surface area (Å²) in [5.74, 6) is 4.34. The summed E-state index contributed by atoms with van der Waals surface area (Å²) in [6.45, 7) is 0. The fraction of sp³-hybridized carbons (Fsp3) is 0.0769. The minimum absolute atomic E-state index is 0.345. The normalized spacial score (nSPS) is 13.0. The molecule has 0 radical (unpaired) electrons. The predicted molar refractivity (Wildman–Crippen MR) is 75.2 cm³/mol. The quantitative estimate of drug-likeness (QED) is 0.570. The Morgan fingerprint density at radius 1 is 1.11 bits per heavy atom. The van der Waals surface area contributed by atoms with Crippen molar-refractivity contribution < 1.29 is 8.78 Å². The Morgan fingerprint density at radius 3 is 2.63 bits per heavy atom. The van der Waals surface area contributed by atoms with E-state index in [9.17, 15) is 8.78 Å². The second-order valence-corrected chi connectivity index (χ2v) is 6.13. The van der Waals surface area contributed by atoms with E-state index >= 15 is 0 Å². The number of fused-ring (bicyclic) bond motifs is 1. The third-order valence-electron chi connectivity index (χ3n) is 2.88. The molecule has 3 rings (SSSR count). The van der Waals surface area contributed by atoms with Crippen molar-refractivity contribution in [3.8, 4) is 0 Å². The zero-order chi connectivity index (χ0) is 13.4. The number of benzene rings is 1. The zero-order valence-corrected chi connectivity index (χ0v) is 11.3. The number of nitrogens with one attached hydrogen (secondary N) is 1. The molecule has 0 spiro atoms. The van der Waals surface area contributed by atoms with Gasteiger partial charge in [0.1, 0.15) is 11.6 Å². The molecule has 1 unspecified atom stereocenters. The second kappa shape index (κ2) is 4.97. The van der Waals surface area contributed by atoms with E-state index < -0.39 is 17.7 Å². The molecule has 19 heavy (non-hydrogen) atoms. The van der Waals surface area contributed by atoms with Crippen LogP contribution in [0.25, 0.3) is 9.40 Å². The average molecular weight is 296 g/mol. The van der Waals surface area contributed by atoms with Crippen molar-refractivity contribution in [2.75, 3.05) is 0 Å². The number of halogens is 2. The first-order valence-corrected chi connectivity index (χ1v) is 7.26. The fourth-order valence-corrected chi connectivity index (χ4v) is 4.19. The zero-order valence-electron chi connectivity index (χ0n) is 9.69. The highest BCUT2D eigenvalue weighted by molar-refractivity contribution is 7.27. The molecule has 2 heterocycles. The molecule has 0 aliphatic rings. The smallest absolute Gasteiger partial charge is 0.131 e. The third kappa shape index (κ3) is 2.28. The van der Waals surface area contributed by atoms with Crippen molar-refractivity contribution >= 4 is 32.1 Å². The maximum atomic E-state index is 13.8. The molecule has 2 nitrogen and oxygen atoms in total. The van der Waals surface area contributed by atoms with Crippen molar-refractivity contribution in [3.63, 3.8) is 0 Å². The van der Waals surface area contributed by atoms with E-state index in [-0.39, 0.29) is 0 Å². The molecular formula is C13H10F2N2S2. The topological polar surface area (TPSA) is 38.0 Å². The van der Waals surface area contributed by atoms with Crippen LogP contribution in [-0.4, -0.2) is 0 Å². The van der Waals surface area contributed by atoms with Crippen LogP contribution in [0.3, 0.4) is 0 Å². The van der Waals surface area contributed by atoms with E-state index in [2.05, 4.69) is 5.43 Å². The fourth-order valence-electron chi connectivity index (χ4n) is 1.99. The van der Waals surface area contributed by atoms with Gasteiger partial charge in [0.2, 0.25) is 0 Å². The number of hydrogen-bond acceptors (Lipinski definition) is 4. The Bertz CT molecular complexity index is 692. The van der Waals surface area contributed by atoms with E-state index in [1.807, 2.05) is 17.5 Å². The SMILES string of the molecule is NNC(c1cc2sccc2s1)c1ccc(F)cc1F. The highest BCUT2D eigenvalue weighted by Gasteiger charge is 2.19. The summed E-state index contributed by atoms with van der Waals surface area (Å²) in [6, 6.07) is 7.06. The number of hydrogen-bond donors (Lipinski definition) is 2. The monoisotopic (exact) mass is 296 g/mol. The van der Waals surface area contributed by atoms with E-state index in [0.717, 1.165) is 20.3 Å². The van der Waals surface area contributed by atoms with Crippen LogP contribution in [0, 0.1) is 11.6 Å². The molecule has 1 atom stereocenters. The molecule has 0 saturated heterocycles. The van der Waals surface area contributed by atoms with Crippen molar-refractivity contribution in [2.24, 2.45) is 5.84 Å². The Kier molecular flexibility index (Phi) is 3.32. The van der Waals surface area contributed by atoms with Crippen molar-refractivity contribution in [1.29, 1.82) is 0 Å². The van der Waals surface area contributed by atoms with E-state index in [0.29, 0.717) is 5.56 Å². The van der Waals surface area contributed by atoms with Crippen LogP contribution in [0.1, 0.15) is 16.5 Å². The molecule has 1 aromatic carbocycles. The number of thiophene rings is 2. The number of rotatable bonds is 3. The van der Waals surface area contributed by atoms with Crippen molar-refractivity contribution in [1.82, 2.24) is 5.43 Å². The summed E-state index contributed by atoms with van der Waals surface area (Å²) in [6.07, 6.45) is 0. The van der Waals surface area contributed by atoms with Gasteiger partial charge in [0.05, 0.1) is 6.04 Å². The standard InChI is InChI=1S/C13H10F2N2S2/c14-7-1-2-8(9(15)5-7)13(17-16)12-6-11-10(19-12)3-4-18-11/h1-6,13,17H,16H2. The maximum Gasteiger partial charge on any atom is 0.131 e. The van der Waals surface area contributed by atoms with Gasteiger partial charge < -0.3 is 0 Å². The van der Waals surface area contributed by atoms with Crippen molar-refractivity contribution in [3.05, 3.63) is 57.8 Å². The Morgan fingerprint density at radius 2 is 1.95 bits per heavy atom. The van der Waals surface area contributed by atoms with Crippen LogP contribution < -0.4 is 11.3 Å². The molecule has 0 amide bonds. The molecule has 0 saturated carbocycles. The molecule has 0 bridgehead atoms. The third-order valence-corrected chi connectivity index (χ3v) is 5.04. The molecular weight excluding hydrogens is 286 g/mol. The van der Waals surface area contributed by atoms with Gasteiger partial charge in [-0.3, -0.25) is 5.84 Å². The summed E-state index contributed by atoms with van der Waals surface area (Å²) in [5, 5.41) is 2.01. The van der Waals surface area contributed by atoms with Gasteiger partial charge >= 0.3 is 0 Å². The van der Waals surface area contributed by atoms with E-state index in [1.165, 1.54) is 12.1 Å². The van der Waals surface area contributed by atoms with Crippen LogP contribution in [0.5, 0.6) is 0 Å². The molecule has 2 aromatic heterocycles. The minimum Gasteiger partial charge on any atom is -0.271 e. The van der Waals surface area contributed by atoms with Gasteiger partial charge in [-0.05, 0) is 23.6 Å². The van der Waals surface area contributed by atoms with E-state index in [1.54, 1.807) is 22.7 Å². The van der Waals surface area contributed by atoms with Crippen LogP contribution in [0.15, 0.2) is 35.7 Å².